The highest BCUT2D eigenvalue weighted by atomic mass is 16.7. The molecule has 1 saturated carbocycles. The fourth-order valence-corrected chi connectivity index (χ4v) is 3.14. The highest BCUT2D eigenvalue weighted by molar-refractivity contribution is 4.91. The molecule has 2 heterocycles. The van der Waals surface area contributed by atoms with Gasteiger partial charge in [0.25, 0.3) is 5.56 Å². The van der Waals surface area contributed by atoms with Gasteiger partial charge in [0.1, 0.15) is 6.10 Å². The predicted molar refractivity (Wildman–Crippen MR) is 75.2 cm³/mol. The first-order valence-corrected chi connectivity index (χ1v) is 7.49. The van der Waals surface area contributed by atoms with Crippen LogP contribution >= 0.6 is 0 Å². The van der Waals surface area contributed by atoms with Crippen LogP contribution in [0.4, 0.5) is 0 Å². The molecule has 0 aromatic carbocycles. The summed E-state index contributed by atoms with van der Waals surface area (Å²) in [5.74, 6) is -1.21. The summed E-state index contributed by atoms with van der Waals surface area (Å²) in [6.45, 7) is -0.201. The van der Waals surface area contributed by atoms with Crippen LogP contribution in [0, 0.1) is 0 Å². The van der Waals surface area contributed by atoms with Crippen molar-refractivity contribution in [1.29, 1.82) is 0 Å². The maximum atomic E-state index is 11.9. The molecule has 8 heteroatoms. The number of aromatic amines is 1. The van der Waals surface area contributed by atoms with Crippen molar-refractivity contribution in [2.75, 3.05) is 6.61 Å². The third-order valence-corrected chi connectivity index (χ3v) is 4.23. The molecule has 0 spiro atoms. The third kappa shape index (κ3) is 3.00. The molecule has 3 atom stereocenters. The van der Waals surface area contributed by atoms with Crippen LogP contribution in [0.2, 0.25) is 0 Å². The highest BCUT2D eigenvalue weighted by Gasteiger charge is 2.43. The lowest BCUT2D eigenvalue weighted by molar-refractivity contribution is -0.240. The second-order valence-electron chi connectivity index (χ2n) is 5.89. The molecule has 0 radical (unpaired) electrons. The molecule has 22 heavy (non-hydrogen) atoms. The Labute approximate surface area is 126 Å². The van der Waals surface area contributed by atoms with Crippen LogP contribution in [0.1, 0.15) is 38.3 Å². The molecule has 8 nitrogen and oxygen atoms in total. The van der Waals surface area contributed by atoms with Crippen LogP contribution in [0.15, 0.2) is 21.9 Å². The van der Waals surface area contributed by atoms with E-state index in [2.05, 4.69) is 4.98 Å². The lowest BCUT2D eigenvalue weighted by atomic mass is 10.1. The number of aliphatic hydroxyl groups excluding tert-OH is 1. The summed E-state index contributed by atoms with van der Waals surface area (Å²) in [4.78, 5) is 25.3. The molecule has 3 rings (SSSR count). The zero-order valence-electron chi connectivity index (χ0n) is 12.1. The minimum Gasteiger partial charge on any atom is -0.394 e. The average molecular weight is 312 g/mol. The van der Waals surface area contributed by atoms with Gasteiger partial charge >= 0.3 is 5.69 Å². The normalized spacial score (nSPS) is 30.7. The summed E-state index contributed by atoms with van der Waals surface area (Å²) >= 11 is 0. The number of nitrogens with zero attached hydrogens (tertiary/aromatic N) is 1. The fraction of sp³-hybridized carbons (Fsp3) is 0.714. The Morgan fingerprint density at radius 3 is 2.77 bits per heavy atom. The number of aliphatic hydroxyl groups is 2. The number of ether oxygens (including phenoxy) is 2. The molecule has 1 aliphatic carbocycles. The number of rotatable bonds is 4. The highest BCUT2D eigenvalue weighted by Crippen LogP contribution is 2.38. The number of hydrogen-bond donors (Lipinski definition) is 3. The Balaban J connectivity index is 1.86. The van der Waals surface area contributed by atoms with Crippen molar-refractivity contribution < 1.29 is 19.7 Å². The molecule has 2 aliphatic rings. The smallest absolute Gasteiger partial charge is 0.330 e. The Kier molecular flexibility index (Phi) is 4.18. The van der Waals surface area contributed by atoms with Gasteiger partial charge in [-0.3, -0.25) is 14.3 Å². The molecular formula is C14H20N2O6. The van der Waals surface area contributed by atoms with E-state index in [4.69, 9.17) is 9.47 Å². The molecule has 0 bridgehead atoms. The molecule has 1 aliphatic heterocycles. The van der Waals surface area contributed by atoms with E-state index in [1.165, 1.54) is 16.8 Å². The molecule has 3 N–H and O–H groups in total. The van der Waals surface area contributed by atoms with Crippen LogP contribution in [0.5, 0.6) is 0 Å². The molecule has 2 fully saturated rings. The van der Waals surface area contributed by atoms with Crippen LogP contribution in [-0.4, -0.2) is 44.4 Å². The topological polar surface area (TPSA) is 114 Å². The summed E-state index contributed by atoms with van der Waals surface area (Å²) in [6, 6.07) is 1.22. The maximum absolute atomic E-state index is 11.9. The van der Waals surface area contributed by atoms with E-state index in [0.717, 1.165) is 12.8 Å². The zero-order valence-corrected chi connectivity index (χ0v) is 12.1. The third-order valence-electron chi connectivity index (χ3n) is 4.23. The van der Waals surface area contributed by atoms with Gasteiger partial charge in [-0.2, -0.15) is 0 Å². The van der Waals surface area contributed by atoms with E-state index in [-0.39, 0.29) is 6.61 Å². The van der Waals surface area contributed by atoms with Crippen LogP contribution in [-0.2, 0) is 9.47 Å². The fourth-order valence-electron chi connectivity index (χ4n) is 3.14. The summed E-state index contributed by atoms with van der Waals surface area (Å²) in [5.41, 5.74) is -1.10. The Morgan fingerprint density at radius 2 is 2.14 bits per heavy atom. The van der Waals surface area contributed by atoms with Gasteiger partial charge in [0.15, 0.2) is 12.0 Å². The Morgan fingerprint density at radius 1 is 1.41 bits per heavy atom. The second kappa shape index (κ2) is 5.96. The van der Waals surface area contributed by atoms with Crippen molar-refractivity contribution in [2.24, 2.45) is 0 Å². The summed E-state index contributed by atoms with van der Waals surface area (Å²) < 4.78 is 12.7. The zero-order chi connectivity index (χ0) is 15.7. The van der Waals surface area contributed by atoms with E-state index in [1.807, 2.05) is 0 Å². The van der Waals surface area contributed by atoms with Gasteiger partial charge in [-0.15, -0.1) is 0 Å². The number of nitrogens with one attached hydrogen (secondary N) is 1. The van der Waals surface area contributed by atoms with Crippen molar-refractivity contribution in [3.63, 3.8) is 0 Å². The minimum absolute atomic E-state index is 0.201. The van der Waals surface area contributed by atoms with Gasteiger partial charge < -0.3 is 19.7 Å². The molecule has 1 saturated heterocycles. The van der Waals surface area contributed by atoms with Crippen molar-refractivity contribution in [2.45, 2.75) is 56.3 Å². The second-order valence-corrected chi connectivity index (χ2v) is 5.89. The standard InChI is InChI=1S/C14H20N2O6/c17-8-9-7-10(22-14(20)4-1-2-5-14)12(21-9)16-6-3-11(18)15-13(16)19/h3,6,9-10,12,17,20H,1-2,4-5,7-8H2,(H,15,18,19)/t9-,10?,12+/m0/s1. The molecule has 1 aromatic rings. The van der Waals surface area contributed by atoms with Crippen LogP contribution in [0.25, 0.3) is 0 Å². The molecule has 0 amide bonds. The van der Waals surface area contributed by atoms with E-state index in [1.54, 1.807) is 0 Å². The van der Waals surface area contributed by atoms with Gasteiger partial charge in [0.05, 0.1) is 12.7 Å². The Bertz CT molecular complexity index is 633. The number of aromatic nitrogens is 2. The lowest BCUT2D eigenvalue weighted by Crippen LogP contribution is -2.40. The number of hydrogen-bond acceptors (Lipinski definition) is 6. The van der Waals surface area contributed by atoms with Gasteiger partial charge in [-0.25, -0.2) is 4.79 Å². The quantitative estimate of drug-likeness (QED) is 0.644. The van der Waals surface area contributed by atoms with Crippen molar-refractivity contribution in [3.05, 3.63) is 33.1 Å². The lowest BCUT2D eigenvalue weighted by Gasteiger charge is -2.29. The minimum atomic E-state index is -1.21. The predicted octanol–water partition coefficient (Wildman–Crippen LogP) is -0.536. The van der Waals surface area contributed by atoms with E-state index in [9.17, 15) is 19.8 Å². The monoisotopic (exact) mass is 312 g/mol. The average Bonchev–Trinajstić information content (AvgIpc) is 3.06. The Hall–Kier alpha value is -1.48. The first-order chi connectivity index (χ1) is 10.5. The first kappa shape index (κ1) is 15.4. The number of H-pyrrole nitrogens is 1. The van der Waals surface area contributed by atoms with Gasteiger partial charge in [0.2, 0.25) is 0 Å². The first-order valence-electron chi connectivity index (χ1n) is 7.49. The molecule has 1 unspecified atom stereocenters. The van der Waals surface area contributed by atoms with Crippen molar-refractivity contribution in [1.82, 2.24) is 9.55 Å². The van der Waals surface area contributed by atoms with E-state index < -0.39 is 35.5 Å². The van der Waals surface area contributed by atoms with Crippen LogP contribution < -0.4 is 11.2 Å². The van der Waals surface area contributed by atoms with Crippen molar-refractivity contribution >= 4 is 0 Å². The largest absolute Gasteiger partial charge is 0.394 e. The molecule has 122 valence electrons. The van der Waals surface area contributed by atoms with Crippen molar-refractivity contribution in [3.8, 4) is 0 Å². The van der Waals surface area contributed by atoms with E-state index >= 15 is 0 Å². The maximum Gasteiger partial charge on any atom is 0.330 e. The van der Waals surface area contributed by atoms with Gasteiger partial charge in [0, 0.05) is 31.5 Å². The molecular weight excluding hydrogens is 292 g/mol. The van der Waals surface area contributed by atoms with Gasteiger partial charge in [-0.05, 0) is 12.8 Å². The summed E-state index contributed by atoms with van der Waals surface area (Å²) in [6.07, 6.45) is 2.73. The summed E-state index contributed by atoms with van der Waals surface area (Å²) in [7, 11) is 0. The summed E-state index contributed by atoms with van der Waals surface area (Å²) in [5, 5.41) is 19.7. The van der Waals surface area contributed by atoms with E-state index in [0.29, 0.717) is 19.3 Å². The van der Waals surface area contributed by atoms with Crippen LogP contribution in [0.3, 0.4) is 0 Å². The SMILES string of the molecule is O=c1ccn([C@@H]2O[C@H](CO)CC2OC2(O)CCCC2)c(=O)[nH]1. The molecule has 1 aromatic heterocycles. The van der Waals surface area contributed by atoms with Gasteiger partial charge in [-0.1, -0.05) is 0 Å².